The van der Waals surface area contributed by atoms with Gasteiger partial charge in [0.1, 0.15) is 17.3 Å². The van der Waals surface area contributed by atoms with E-state index in [1.54, 1.807) is 18.2 Å². The van der Waals surface area contributed by atoms with Crippen LogP contribution in [0.4, 0.5) is 8.78 Å². The van der Waals surface area contributed by atoms with Crippen molar-refractivity contribution in [1.29, 1.82) is 0 Å². The molecule has 0 saturated carbocycles. The van der Waals surface area contributed by atoms with Crippen molar-refractivity contribution in [1.82, 2.24) is 20.0 Å². The summed E-state index contributed by atoms with van der Waals surface area (Å²) < 4.78 is 28.7. The van der Waals surface area contributed by atoms with Crippen molar-refractivity contribution >= 4 is 5.97 Å². The molecule has 0 bridgehead atoms. The molecule has 0 spiro atoms. The minimum absolute atomic E-state index is 0.0840. The summed E-state index contributed by atoms with van der Waals surface area (Å²) in [6.07, 6.45) is 1.47. The van der Waals surface area contributed by atoms with Gasteiger partial charge in [-0.3, -0.25) is 4.98 Å². The fraction of sp³-hybridized carbons (Fsp3) is 0.0667. The van der Waals surface area contributed by atoms with E-state index < -0.39 is 17.6 Å². The summed E-state index contributed by atoms with van der Waals surface area (Å²) in [5.74, 6) is -2.79. The predicted octanol–water partition coefficient (Wildman–Crippen LogP) is 2.36. The molecule has 23 heavy (non-hydrogen) atoms. The molecular formula is C15H10F2N4O2. The predicted molar refractivity (Wildman–Crippen MR) is 75.7 cm³/mol. The summed E-state index contributed by atoms with van der Waals surface area (Å²) in [5.41, 5.74) is -0.181. The van der Waals surface area contributed by atoms with Crippen molar-refractivity contribution in [3.8, 4) is 11.4 Å². The summed E-state index contributed by atoms with van der Waals surface area (Å²) in [6.45, 7) is -0.301. The fourth-order valence-electron chi connectivity index (χ4n) is 2.16. The van der Waals surface area contributed by atoms with E-state index in [9.17, 15) is 18.7 Å². The lowest BCUT2D eigenvalue weighted by Gasteiger charge is -2.08. The number of aromatic nitrogens is 4. The van der Waals surface area contributed by atoms with E-state index in [4.69, 9.17) is 0 Å². The number of benzene rings is 1. The van der Waals surface area contributed by atoms with Gasteiger partial charge in [-0.25, -0.2) is 18.3 Å². The van der Waals surface area contributed by atoms with E-state index in [1.807, 2.05) is 0 Å². The molecule has 116 valence electrons. The lowest BCUT2D eigenvalue weighted by atomic mass is 10.1. The number of nitrogens with zero attached hydrogens (tertiary/aromatic N) is 4. The first kappa shape index (κ1) is 14.8. The third-order valence-electron chi connectivity index (χ3n) is 3.21. The van der Waals surface area contributed by atoms with Crippen LogP contribution in [0.15, 0.2) is 42.6 Å². The number of carboxylic acids is 1. The molecule has 0 fully saturated rings. The van der Waals surface area contributed by atoms with Crippen LogP contribution in [0.2, 0.25) is 0 Å². The highest BCUT2D eigenvalue weighted by Crippen LogP contribution is 2.22. The quantitative estimate of drug-likeness (QED) is 0.799. The second-order valence-electron chi connectivity index (χ2n) is 4.66. The van der Waals surface area contributed by atoms with Gasteiger partial charge in [-0.15, -0.1) is 5.10 Å². The first-order chi connectivity index (χ1) is 11.1. The van der Waals surface area contributed by atoms with Crippen LogP contribution < -0.4 is 0 Å². The molecule has 0 unspecified atom stereocenters. The molecule has 0 aliphatic carbocycles. The van der Waals surface area contributed by atoms with E-state index in [2.05, 4.69) is 15.3 Å². The maximum absolute atomic E-state index is 13.8. The number of carbonyl (C=O) groups is 1. The van der Waals surface area contributed by atoms with E-state index in [-0.39, 0.29) is 23.5 Å². The van der Waals surface area contributed by atoms with Gasteiger partial charge in [-0.2, -0.15) is 0 Å². The number of aromatic carboxylic acids is 1. The van der Waals surface area contributed by atoms with Crippen LogP contribution in [0.1, 0.15) is 16.1 Å². The first-order valence-corrected chi connectivity index (χ1v) is 6.59. The minimum atomic E-state index is -1.30. The second-order valence-corrected chi connectivity index (χ2v) is 4.66. The highest BCUT2D eigenvalue weighted by atomic mass is 19.1. The summed E-state index contributed by atoms with van der Waals surface area (Å²) in [5, 5.41) is 16.5. The van der Waals surface area contributed by atoms with Crippen LogP contribution in [0.3, 0.4) is 0 Å². The number of hydrogen-bond acceptors (Lipinski definition) is 4. The Bertz CT molecular complexity index is 845. The average Bonchev–Trinajstić information content (AvgIpc) is 2.96. The lowest BCUT2D eigenvalue weighted by Crippen LogP contribution is -2.09. The SMILES string of the molecule is O=C(O)c1nnn(Cc2c(F)cccc2F)c1-c1ccccn1. The molecule has 6 nitrogen and oxygen atoms in total. The molecule has 2 heterocycles. The lowest BCUT2D eigenvalue weighted by molar-refractivity contribution is 0.0691. The van der Waals surface area contributed by atoms with Crippen molar-refractivity contribution in [2.75, 3.05) is 0 Å². The maximum atomic E-state index is 13.8. The Balaban J connectivity index is 2.12. The highest BCUT2D eigenvalue weighted by Gasteiger charge is 2.22. The largest absolute Gasteiger partial charge is 0.476 e. The fourth-order valence-corrected chi connectivity index (χ4v) is 2.16. The van der Waals surface area contributed by atoms with E-state index in [1.165, 1.54) is 12.3 Å². The normalized spacial score (nSPS) is 10.7. The monoisotopic (exact) mass is 316 g/mol. The summed E-state index contributed by atoms with van der Waals surface area (Å²) >= 11 is 0. The molecular weight excluding hydrogens is 306 g/mol. The number of rotatable bonds is 4. The Morgan fingerprint density at radius 3 is 2.48 bits per heavy atom. The molecule has 0 atom stereocenters. The molecule has 0 amide bonds. The van der Waals surface area contributed by atoms with Gasteiger partial charge in [0.2, 0.25) is 0 Å². The smallest absolute Gasteiger partial charge is 0.358 e. The zero-order valence-electron chi connectivity index (χ0n) is 11.6. The van der Waals surface area contributed by atoms with Gasteiger partial charge in [0.25, 0.3) is 0 Å². The summed E-state index contributed by atoms with van der Waals surface area (Å²) in [6, 6.07) is 8.38. The zero-order valence-corrected chi connectivity index (χ0v) is 11.6. The molecule has 8 heteroatoms. The van der Waals surface area contributed by atoms with E-state index >= 15 is 0 Å². The molecule has 0 saturated heterocycles. The Morgan fingerprint density at radius 2 is 1.87 bits per heavy atom. The number of hydrogen-bond donors (Lipinski definition) is 1. The van der Waals surface area contributed by atoms with Gasteiger partial charge in [0.15, 0.2) is 5.69 Å². The Labute approximate surface area is 129 Å². The summed E-state index contributed by atoms with van der Waals surface area (Å²) in [7, 11) is 0. The standard InChI is InChI=1S/C15H10F2N4O2/c16-10-4-3-5-11(17)9(10)8-21-14(12-6-1-2-7-18-12)13(15(22)23)19-20-21/h1-7H,8H2,(H,22,23). The molecule has 3 aromatic rings. The Kier molecular flexibility index (Phi) is 3.80. The van der Waals surface area contributed by atoms with E-state index in [0.717, 1.165) is 16.8 Å². The molecule has 2 aromatic heterocycles. The van der Waals surface area contributed by atoms with E-state index in [0.29, 0.717) is 5.69 Å². The maximum Gasteiger partial charge on any atom is 0.358 e. The van der Waals surface area contributed by atoms with Gasteiger partial charge in [-0.1, -0.05) is 17.3 Å². The van der Waals surface area contributed by atoms with Crippen molar-refractivity contribution in [2.45, 2.75) is 6.54 Å². The zero-order chi connectivity index (χ0) is 16.4. The van der Waals surface area contributed by atoms with Crippen LogP contribution in [0.25, 0.3) is 11.4 Å². The summed E-state index contributed by atoms with van der Waals surface area (Å²) in [4.78, 5) is 15.4. The Hall–Kier alpha value is -3.16. The first-order valence-electron chi connectivity index (χ1n) is 6.59. The van der Waals surface area contributed by atoms with Gasteiger partial charge in [-0.05, 0) is 24.3 Å². The Morgan fingerprint density at radius 1 is 1.13 bits per heavy atom. The third kappa shape index (κ3) is 2.78. The number of pyridine rings is 1. The molecule has 1 N–H and O–H groups in total. The van der Waals surface area contributed by atoms with Crippen molar-refractivity contribution in [3.05, 3.63) is 65.5 Å². The van der Waals surface area contributed by atoms with Crippen LogP contribution in [0, 0.1) is 11.6 Å². The topological polar surface area (TPSA) is 80.9 Å². The van der Waals surface area contributed by atoms with Gasteiger partial charge >= 0.3 is 5.97 Å². The highest BCUT2D eigenvalue weighted by molar-refractivity contribution is 5.92. The van der Waals surface area contributed by atoms with Crippen LogP contribution >= 0.6 is 0 Å². The minimum Gasteiger partial charge on any atom is -0.476 e. The molecule has 0 aliphatic rings. The van der Waals surface area contributed by atoms with Gasteiger partial charge in [0.05, 0.1) is 12.2 Å². The van der Waals surface area contributed by atoms with Crippen molar-refractivity contribution < 1.29 is 18.7 Å². The third-order valence-corrected chi connectivity index (χ3v) is 3.21. The molecule has 1 aromatic carbocycles. The number of carboxylic acid groups (broad SMARTS) is 1. The number of halogens is 2. The molecule has 0 radical (unpaired) electrons. The molecule has 0 aliphatic heterocycles. The molecule has 3 rings (SSSR count). The van der Waals surface area contributed by atoms with Gasteiger partial charge in [0, 0.05) is 11.8 Å². The van der Waals surface area contributed by atoms with Crippen molar-refractivity contribution in [3.63, 3.8) is 0 Å². The van der Waals surface area contributed by atoms with Gasteiger partial charge < -0.3 is 5.11 Å². The van der Waals surface area contributed by atoms with Crippen molar-refractivity contribution in [2.24, 2.45) is 0 Å². The van der Waals surface area contributed by atoms with Crippen LogP contribution in [0.5, 0.6) is 0 Å². The van der Waals surface area contributed by atoms with Crippen LogP contribution in [-0.2, 0) is 6.54 Å². The average molecular weight is 316 g/mol. The van der Waals surface area contributed by atoms with Crippen LogP contribution in [-0.4, -0.2) is 31.1 Å². The second kappa shape index (κ2) is 5.91.